The van der Waals surface area contributed by atoms with Gasteiger partial charge in [0.25, 0.3) is 0 Å². The average molecular weight is 639 g/mol. The Kier molecular flexibility index (Phi) is 5.85. The maximum Gasteiger partial charge on any atom is 0.164 e. The van der Waals surface area contributed by atoms with Crippen LogP contribution >= 0.6 is 22.7 Å². The molecule has 0 radical (unpaired) electrons. The number of benzene rings is 6. The largest absolute Gasteiger partial charge is 0.456 e. The second kappa shape index (κ2) is 10.4. The van der Waals surface area contributed by atoms with E-state index in [2.05, 4.69) is 48.5 Å². The highest BCUT2D eigenvalue weighted by Gasteiger charge is 2.18. The lowest BCUT2D eigenvalue weighted by molar-refractivity contribution is 0.669. The Hall–Kier alpha value is -5.76. The first-order valence-electron chi connectivity index (χ1n) is 15.3. The molecule has 5 nitrogen and oxygen atoms in total. The molecule has 4 aromatic heterocycles. The van der Waals surface area contributed by atoms with E-state index in [1.165, 1.54) is 24.9 Å². The Balaban J connectivity index is 1.09. The normalized spacial score (nSPS) is 11.8. The monoisotopic (exact) mass is 638 g/mol. The Morgan fingerprint density at radius 1 is 0.426 bits per heavy atom. The number of fused-ring (bicyclic) bond motifs is 7. The van der Waals surface area contributed by atoms with Crippen molar-refractivity contribution in [2.75, 3.05) is 0 Å². The molecule has 7 heteroatoms. The van der Waals surface area contributed by atoms with Gasteiger partial charge in [-0.05, 0) is 30.3 Å². The highest BCUT2D eigenvalue weighted by atomic mass is 32.1. The summed E-state index contributed by atoms with van der Waals surface area (Å²) in [4.78, 5) is 19.9. The molecule has 10 aromatic rings. The predicted octanol–water partition coefficient (Wildman–Crippen LogP) is 11.4. The summed E-state index contributed by atoms with van der Waals surface area (Å²) in [6.07, 6.45) is 0. The topological polar surface area (TPSA) is 64.7 Å². The van der Waals surface area contributed by atoms with Gasteiger partial charge in [-0.25, -0.2) is 19.9 Å². The van der Waals surface area contributed by atoms with Crippen molar-refractivity contribution in [1.29, 1.82) is 0 Å². The van der Waals surface area contributed by atoms with Gasteiger partial charge in [0.05, 0.1) is 10.2 Å². The summed E-state index contributed by atoms with van der Waals surface area (Å²) in [7, 11) is 0. The lowest BCUT2D eigenvalue weighted by Gasteiger charge is -2.08. The van der Waals surface area contributed by atoms with Crippen molar-refractivity contribution in [1.82, 2.24) is 19.9 Å². The quantitative estimate of drug-likeness (QED) is 0.192. The van der Waals surface area contributed by atoms with Crippen LogP contribution < -0.4 is 0 Å². The van der Waals surface area contributed by atoms with Crippen LogP contribution in [-0.2, 0) is 0 Å². The lowest BCUT2D eigenvalue weighted by Crippen LogP contribution is -1.99. The smallest absolute Gasteiger partial charge is 0.164 e. The van der Waals surface area contributed by atoms with Gasteiger partial charge in [0.1, 0.15) is 16.2 Å². The third-order valence-corrected chi connectivity index (χ3v) is 10.7. The van der Waals surface area contributed by atoms with Crippen LogP contribution in [0, 0.1) is 0 Å². The molecule has 0 atom stereocenters. The predicted molar refractivity (Wildman–Crippen MR) is 195 cm³/mol. The fraction of sp³-hybridized carbons (Fsp3) is 0. The van der Waals surface area contributed by atoms with E-state index in [0.717, 1.165) is 54.7 Å². The lowest BCUT2D eigenvalue weighted by atomic mass is 10.1. The molecule has 6 aromatic carbocycles. The highest BCUT2D eigenvalue weighted by molar-refractivity contribution is 7.26. The van der Waals surface area contributed by atoms with Crippen LogP contribution in [0.2, 0.25) is 0 Å². The number of para-hydroxylation sites is 1. The molecule has 0 N–H and O–H groups in total. The molecule has 0 aliphatic carbocycles. The first-order valence-corrected chi connectivity index (χ1v) is 16.9. The zero-order chi connectivity index (χ0) is 30.9. The highest BCUT2D eigenvalue weighted by Crippen LogP contribution is 2.43. The van der Waals surface area contributed by atoms with E-state index in [9.17, 15) is 0 Å². The summed E-state index contributed by atoms with van der Waals surface area (Å²) >= 11 is 3.52. The number of nitrogens with zero attached hydrogens (tertiary/aromatic N) is 4. The first kappa shape index (κ1) is 26.5. The van der Waals surface area contributed by atoms with E-state index in [0.29, 0.717) is 17.5 Å². The number of thiazole rings is 1. The van der Waals surface area contributed by atoms with Crippen LogP contribution in [-0.4, -0.2) is 19.9 Å². The van der Waals surface area contributed by atoms with Crippen LogP contribution in [0.1, 0.15) is 0 Å². The van der Waals surface area contributed by atoms with E-state index in [4.69, 9.17) is 24.4 Å². The number of rotatable bonds is 4. The molecule has 47 heavy (non-hydrogen) atoms. The van der Waals surface area contributed by atoms with Crippen molar-refractivity contribution in [2.24, 2.45) is 0 Å². The molecule has 0 spiro atoms. The van der Waals surface area contributed by atoms with Crippen LogP contribution in [0.5, 0.6) is 0 Å². The first-order chi connectivity index (χ1) is 23.2. The summed E-state index contributed by atoms with van der Waals surface area (Å²) in [5.74, 6) is 1.98. The molecule has 0 bridgehead atoms. The number of hydrogen-bond acceptors (Lipinski definition) is 7. The van der Waals surface area contributed by atoms with Crippen molar-refractivity contribution in [2.45, 2.75) is 0 Å². The number of hydrogen-bond donors (Lipinski definition) is 0. The van der Waals surface area contributed by atoms with Gasteiger partial charge in [-0.2, -0.15) is 0 Å². The molecular formula is C40H22N4OS2. The fourth-order valence-corrected chi connectivity index (χ4v) is 8.60. The maximum absolute atomic E-state index is 6.15. The van der Waals surface area contributed by atoms with Gasteiger partial charge in [-0.15, -0.1) is 22.7 Å². The molecule has 0 fully saturated rings. The summed E-state index contributed by atoms with van der Waals surface area (Å²) < 4.78 is 9.74. The second-order valence-corrected chi connectivity index (χ2v) is 13.6. The molecule has 0 aliphatic heterocycles. The third-order valence-electron chi connectivity index (χ3n) is 8.57. The Labute approximate surface area is 276 Å². The standard InChI is InChI=1S/C40H22N4OS2/c1-3-10-23(11-4-1)37-42-38(24-12-5-2-6-13-24)44-39(43-37)25-18-19-26-29-21-30-35(22-34(29)46-33(26)20-25)47-40(41-30)28-15-9-17-32-36(28)27-14-7-8-16-31(27)45-32/h1-22H. The SMILES string of the molecule is c1ccc(-c2nc(-c3ccccc3)nc(-c3ccc4c(c3)sc3cc5sc(-c6cccc7oc8ccccc8c67)nc5cc34)n2)cc1. The maximum atomic E-state index is 6.15. The minimum atomic E-state index is 0.658. The van der Waals surface area contributed by atoms with Gasteiger partial charge >= 0.3 is 0 Å². The van der Waals surface area contributed by atoms with E-state index >= 15 is 0 Å². The van der Waals surface area contributed by atoms with Crippen molar-refractivity contribution in [3.63, 3.8) is 0 Å². The van der Waals surface area contributed by atoms with Gasteiger partial charge in [0.2, 0.25) is 0 Å². The molecule has 220 valence electrons. The van der Waals surface area contributed by atoms with Crippen molar-refractivity contribution in [3.05, 3.63) is 133 Å². The van der Waals surface area contributed by atoms with E-state index in [1.807, 2.05) is 84.9 Å². The zero-order valence-electron chi connectivity index (χ0n) is 24.7. The summed E-state index contributed by atoms with van der Waals surface area (Å²) in [6, 6.07) is 45.6. The van der Waals surface area contributed by atoms with Crippen molar-refractivity contribution in [3.8, 4) is 44.7 Å². The molecule has 0 aliphatic rings. The summed E-state index contributed by atoms with van der Waals surface area (Å²) in [5, 5.41) is 5.64. The molecule has 4 heterocycles. The molecule has 0 saturated carbocycles. The van der Waals surface area contributed by atoms with Crippen LogP contribution in [0.3, 0.4) is 0 Å². The van der Waals surface area contributed by atoms with Gasteiger partial charge < -0.3 is 4.42 Å². The summed E-state index contributed by atoms with van der Waals surface area (Å²) in [6.45, 7) is 0. The number of aromatic nitrogens is 4. The fourth-order valence-electron chi connectivity index (χ4n) is 6.34. The van der Waals surface area contributed by atoms with Gasteiger partial charge in [0, 0.05) is 53.2 Å². The molecular weight excluding hydrogens is 617 g/mol. The summed E-state index contributed by atoms with van der Waals surface area (Å²) in [5.41, 5.74) is 6.77. The number of thiophene rings is 1. The third kappa shape index (κ3) is 4.35. The van der Waals surface area contributed by atoms with E-state index in [-0.39, 0.29) is 0 Å². The van der Waals surface area contributed by atoms with Gasteiger partial charge in [0.15, 0.2) is 17.5 Å². The minimum Gasteiger partial charge on any atom is -0.456 e. The van der Waals surface area contributed by atoms with Crippen molar-refractivity contribution >= 4 is 75.0 Å². The average Bonchev–Trinajstić information content (AvgIpc) is 3.83. The zero-order valence-corrected chi connectivity index (χ0v) is 26.3. The van der Waals surface area contributed by atoms with E-state index < -0.39 is 0 Å². The Morgan fingerprint density at radius 3 is 1.85 bits per heavy atom. The van der Waals surface area contributed by atoms with Gasteiger partial charge in [-0.3, -0.25) is 0 Å². The number of furan rings is 1. The minimum absolute atomic E-state index is 0.658. The van der Waals surface area contributed by atoms with Crippen molar-refractivity contribution < 1.29 is 4.42 Å². The second-order valence-electron chi connectivity index (χ2n) is 11.5. The van der Waals surface area contributed by atoms with Gasteiger partial charge in [-0.1, -0.05) is 103 Å². The van der Waals surface area contributed by atoms with Crippen LogP contribution in [0.25, 0.3) is 97.1 Å². The van der Waals surface area contributed by atoms with Crippen LogP contribution in [0.15, 0.2) is 138 Å². The molecule has 10 rings (SSSR count). The van der Waals surface area contributed by atoms with Crippen LogP contribution in [0.4, 0.5) is 0 Å². The Bertz CT molecular complexity index is 2740. The Morgan fingerprint density at radius 2 is 1.09 bits per heavy atom. The molecule has 0 amide bonds. The molecule has 0 saturated heterocycles. The molecule has 0 unspecified atom stereocenters. The van der Waals surface area contributed by atoms with E-state index in [1.54, 1.807) is 22.7 Å².